The summed E-state index contributed by atoms with van der Waals surface area (Å²) in [5.41, 5.74) is 1.65. The van der Waals surface area contributed by atoms with Crippen LogP contribution in [0.4, 0.5) is 8.78 Å². The highest BCUT2D eigenvalue weighted by atomic mass is 32.1. The van der Waals surface area contributed by atoms with Gasteiger partial charge in [-0.05, 0) is 50.9 Å². The number of nitrogens with one attached hydrogen (secondary N) is 1. The van der Waals surface area contributed by atoms with Crippen LogP contribution in [0, 0.1) is 25.5 Å². The topological polar surface area (TPSA) is 24.9 Å². The number of thiazole rings is 1. The lowest BCUT2D eigenvalue weighted by Crippen LogP contribution is -2.24. The normalized spacial score (nSPS) is 12.6. The number of nitrogens with zero attached hydrogens (tertiary/aromatic N) is 1. The SMILES string of the molecule is CCCNC(Cc1cc(F)cc(F)c1)c1sc(C)nc1C. The van der Waals surface area contributed by atoms with Crippen LogP contribution in [0.5, 0.6) is 0 Å². The molecule has 5 heteroatoms. The van der Waals surface area contributed by atoms with E-state index in [0.29, 0.717) is 12.0 Å². The lowest BCUT2D eigenvalue weighted by Gasteiger charge is -2.18. The molecule has 2 nitrogen and oxygen atoms in total. The summed E-state index contributed by atoms with van der Waals surface area (Å²) in [5, 5.41) is 4.46. The predicted molar refractivity (Wildman–Crippen MR) is 82.7 cm³/mol. The third kappa shape index (κ3) is 4.32. The second kappa shape index (κ2) is 7.09. The molecule has 21 heavy (non-hydrogen) atoms. The zero-order valence-corrected chi connectivity index (χ0v) is 13.4. The number of aryl methyl sites for hydroxylation is 2. The Hall–Kier alpha value is -1.33. The minimum absolute atomic E-state index is 0.0392. The van der Waals surface area contributed by atoms with E-state index in [1.54, 1.807) is 11.3 Å². The summed E-state index contributed by atoms with van der Waals surface area (Å²) in [7, 11) is 0. The monoisotopic (exact) mass is 310 g/mol. The van der Waals surface area contributed by atoms with E-state index in [4.69, 9.17) is 0 Å². The lowest BCUT2D eigenvalue weighted by molar-refractivity contribution is 0.526. The first-order valence-electron chi connectivity index (χ1n) is 7.12. The van der Waals surface area contributed by atoms with E-state index in [9.17, 15) is 8.78 Å². The van der Waals surface area contributed by atoms with Gasteiger partial charge < -0.3 is 5.32 Å². The van der Waals surface area contributed by atoms with Crippen molar-refractivity contribution in [2.45, 2.75) is 39.7 Å². The molecular formula is C16H20F2N2S. The van der Waals surface area contributed by atoms with Gasteiger partial charge in [0.1, 0.15) is 11.6 Å². The van der Waals surface area contributed by atoms with Gasteiger partial charge in [-0.2, -0.15) is 0 Å². The van der Waals surface area contributed by atoms with Crippen LogP contribution in [0.2, 0.25) is 0 Å². The van der Waals surface area contributed by atoms with Gasteiger partial charge in [0, 0.05) is 17.0 Å². The maximum absolute atomic E-state index is 13.3. The highest BCUT2D eigenvalue weighted by Crippen LogP contribution is 2.28. The molecule has 0 aliphatic carbocycles. The molecule has 0 spiro atoms. The molecule has 0 bridgehead atoms. The summed E-state index contributed by atoms with van der Waals surface area (Å²) < 4.78 is 26.7. The van der Waals surface area contributed by atoms with Crippen molar-refractivity contribution in [3.05, 3.63) is 51.0 Å². The minimum atomic E-state index is -0.531. The standard InChI is InChI=1S/C16H20F2N2S/c1-4-5-19-15(16-10(2)20-11(3)21-16)8-12-6-13(17)9-14(18)7-12/h6-7,9,15,19H,4-5,8H2,1-3H3. The highest BCUT2D eigenvalue weighted by Gasteiger charge is 2.18. The summed E-state index contributed by atoms with van der Waals surface area (Å²) in [6.45, 7) is 6.90. The van der Waals surface area contributed by atoms with Gasteiger partial charge in [-0.25, -0.2) is 13.8 Å². The number of hydrogen-bond acceptors (Lipinski definition) is 3. The molecule has 1 N–H and O–H groups in total. The second-order valence-electron chi connectivity index (χ2n) is 5.17. The number of aromatic nitrogens is 1. The van der Waals surface area contributed by atoms with E-state index in [1.807, 2.05) is 13.8 Å². The molecule has 0 radical (unpaired) electrons. The van der Waals surface area contributed by atoms with Crippen LogP contribution < -0.4 is 5.32 Å². The van der Waals surface area contributed by atoms with Crippen molar-refractivity contribution in [3.8, 4) is 0 Å². The molecule has 0 amide bonds. The van der Waals surface area contributed by atoms with E-state index in [0.717, 1.165) is 34.6 Å². The minimum Gasteiger partial charge on any atom is -0.309 e. The van der Waals surface area contributed by atoms with Crippen LogP contribution in [0.3, 0.4) is 0 Å². The Morgan fingerprint density at radius 3 is 2.38 bits per heavy atom. The number of rotatable bonds is 6. The molecule has 2 rings (SSSR count). The Labute approximate surface area is 128 Å². The van der Waals surface area contributed by atoms with Crippen molar-refractivity contribution in [2.75, 3.05) is 6.54 Å². The maximum atomic E-state index is 13.3. The average Bonchev–Trinajstić information content (AvgIpc) is 2.72. The summed E-state index contributed by atoms with van der Waals surface area (Å²) >= 11 is 1.64. The summed E-state index contributed by atoms with van der Waals surface area (Å²) in [5.74, 6) is -1.06. The largest absolute Gasteiger partial charge is 0.309 e. The summed E-state index contributed by atoms with van der Waals surface area (Å²) in [6.07, 6.45) is 1.56. The van der Waals surface area contributed by atoms with Crippen LogP contribution in [0.15, 0.2) is 18.2 Å². The molecule has 2 aromatic rings. The van der Waals surface area contributed by atoms with Crippen LogP contribution in [0.1, 0.15) is 40.5 Å². The van der Waals surface area contributed by atoms with Gasteiger partial charge in [0.25, 0.3) is 0 Å². The molecule has 0 saturated carbocycles. The summed E-state index contributed by atoms with van der Waals surface area (Å²) in [4.78, 5) is 5.59. The third-order valence-electron chi connectivity index (χ3n) is 3.26. The second-order valence-corrected chi connectivity index (χ2v) is 6.41. The smallest absolute Gasteiger partial charge is 0.126 e. The van der Waals surface area contributed by atoms with Crippen LogP contribution in [0.25, 0.3) is 0 Å². The molecule has 1 atom stereocenters. The maximum Gasteiger partial charge on any atom is 0.126 e. The Bertz CT molecular complexity index is 590. The van der Waals surface area contributed by atoms with Crippen molar-refractivity contribution < 1.29 is 8.78 Å². The van der Waals surface area contributed by atoms with Crippen LogP contribution in [-0.4, -0.2) is 11.5 Å². The molecule has 0 aliphatic heterocycles. The molecule has 0 fully saturated rings. The first-order chi connectivity index (χ1) is 9.99. The van der Waals surface area contributed by atoms with Crippen molar-refractivity contribution in [1.29, 1.82) is 0 Å². The van der Waals surface area contributed by atoms with Crippen LogP contribution in [-0.2, 0) is 6.42 Å². The molecule has 0 aliphatic rings. The third-order valence-corrected chi connectivity index (χ3v) is 4.45. The van der Waals surface area contributed by atoms with E-state index in [2.05, 4.69) is 17.2 Å². The van der Waals surface area contributed by atoms with Crippen molar-refractivity contribution in [1.82, 2.24) is 10.3 Å². The van der Waals surface area contributed by atoms with Gasteiger partial charge in [-0.3, -0.25) is 0 Å². The fourth-order valence-electron chi connectivity index (χ4n) is 2.41. The number of halogens is 2. The highest BCUT2D eigenvalue weighted by molar-refractivity contribution is 7.11. The fraction of sp³-hybridized carbons (Fsp3) is 0.438. The molecule has 1 heterocycles. The van der Waals surface area contributed by atoms with Gasteiger partial charge in [-0.1, -0.05) is 6.92 Å². The van der Waals surface area contributed by atoms with Gasteiger partial charge in [0.15, 0.2) is 0 Å². The zero-order chi connectivity index (χ0) is 15.4. The first-order valence-corrected chi connectivity index (χ1v) is 7.93. The van der Waals surface area contributed by atoms with Gasteiger partial charge >= 0.3 is 0 Å². The van der Waals surface area contributed by atoms with Crippen molar-refractivity contribution in [2.24, 2.45) is 0 Å². The Morgan fingerprint density at radius 2 is 1.86 bits per heavy atom. The van der Waals surface area contributed by atoms with E-state index in [1.165, 1.54) is 12.1 Å². The zero-order valence-electron chi connectivity index (χ0n) is 12.5. The molecule has 0 saturated heterocycles. The van der Waals surface area contributed by atoms with Crippen LogP contribution >= 0.6 is 11.3 Å². The summed E-state index contributed by atoms with van der Waals surface area (Å²) in [6, 6.07) is 3.73. The fourth-order valence-corrected chi connectivity index (χ4v) is 3.41. The molecule has 1 unspecified atom stereocenters. The number of hydrogen-bond donors (Lipinski definition) is 1. The quantitative estimate of drug-likeness (QED) is 0.859. The Kier molecular flexibility index (Phi) is 5.42. The number of benzene rings is 1. The Morgan fingerprint density at radius 1 is 1.19 bits per heavy atom. The van der Waals surface area contributed by atoms with Crippen molar-refractivity contribution in [3.63, 3.8) is 0 Å². The molecule has 114 valence electrons. The van der Waals surface area contributed by atoms with Gasteiger partial charge in [-0.15, -0.1) is 11.3 Å². The van der Waals surface area contributed by atoms with E-state index >= 15 is 0 Å². The Balaban J connectivity index is 2.25. The molecule has 1 aromatic carbocycles. The first kappa shape index (κ1) is 16.0. The van der Waals surface area contributed by atoms with E-state index in [-0.39, 0.29) is 6.04 Å². The van der Waals surface area contributed by atoms with Crippen molar-refractivity contribution >= 4 is 11.3 Å². The molecule has 1 aromatic heterocycles. The average molecular weight is 310 g/mol. The lowest BCUT2D eigenvalue weighted by atomic mass is 10.0. The molecular weight excluding hydrogens is 290 g/mol. The van der Waals surface area contributed by atoms with Gasteiger partial charge in [0.2, 0.25) is 0 Å². The van der Waals surface area contributed by atoms with E-state index < -0.39 is 11.6 Å². The predicted octanol–water partition coefficient (Wildman–Crippen LogP) is 4.32. The van der Waals surface area contributed by atoms with Gasteiger partial charge in [0.05, 0.1) is 10.7 Å².